The Hall–Kier alpha value is -2.92. The Morgan fingerprint density at radius 1 is 1.19 bits per heavy atom. The summed E-state index contributed by atoms with van der Waals surface area (Å²) in [6, 6.07) is 15.4. The smallest absolute Gasteiger partial charge is 0.295 e. The number of amides is 1. The molecular weight excluding hydrogens is 360 g/mol. The Labute approximate surface area is 163 Å². The minimum absolute atomic E-state index is 0.0941. The maximum Gasteiger partial charge on any atom is 0.295 e. The fourth-order valence-corrected chi connectivity index (χ4v) is 3.46. The second-order valence-corrected chi connectivity index (χ2v) is 6.90. The van der Waals surface area contributed by atoms with Crippen LogP contribution in [0.15, 0.2) is 72.2 Å². The second-order valence-electron chi connectivity index (χ2n) is 6.47. The summed E-state index contributed by atoms with van der Waals surface area (Å²) in [5, 5.41) is 0.612. The van der Waals surface area contributed by atoms with Crippen molar-refractivity contribution in [2.24, 2.45) is 4.99 Å². The molecule has 1 unspecified atom stereocenters. The van der Waals surface area contributed by atoms with Crippen LogP contribution in [-0.2, 0) is 11.3 Å². The number of hydrogen-bond donors (Lipinski definition) is 0. The van der Waals surface area contributed by atoms with Crippen LogP contribution < -0.4 is 9.47 Å². The number of aliphatic imine (C=N–C) groups is 1. The third kappa shape index (κ3) is 3.15. The molecule has 0 saturated carbocycles. The van der Waals surface area contributed by atoms with E-state index in [2.05, 4.69) is 6.92 Å². The summed E-state index contributed by atoms with van der Waals surface area (Å²) in [5.41, 5.74) is 3.35. The number of fused-ring (bicyclic) bond motifs is 1. The van der Waals surface area contributed by atoms with Crippen LogP contribution in [0.5, 0.6) is 0 Å². The van der Waals surface area contributed by atoms with Gasteiger partial charge in [0, 0.05) is 23.2 Å². The zero-order chi connectivity index (χ0) is 19.0. The van der Waals surface area contributed by atoms with E-state index in [0.717, 1.165) is 29.1 Å². The average molecular weight is 380 g/mol. The number of carbonyl (C=O) groups is 1. The Kier molecular flexibility index (Phi) is 4.54. The van der Waals surface area contributed by atoms with E-state index < -0.39 is 6.17 Å². The highest BCUT2D eigenvalue weighted by Gasteiger charge is 2.34. The molecule has 0 radical (unpaired) electrons. The highest BCUT2D eigenvalue weighted by Crippen LogP contribution is 2.32. The minimum Gasteiger partial charge on any atom is -0.309 e. The molecule has 5 nitrogen and oxygen atoms in total. The normalized spacial score (nSPS) is 16.7. The van der Waals surface area contributed by atoms with Crippen molar-refractivity contribution in [3.05, 3.63) is 83.4 Å². The lowest BCUT2D eigenvalue weighted by atomic mass is 10.0. The molecular formula is C21H20ClN4O+. The van der Waals surface area contributed by atoms with Crippen molar-refractivity contribution in [2.75, 3.05) is 11.9 Å². The van der Waals surface area contributed by atoms with Gasteiger partial charge in [0.1, 0.15) is 12.4 Å². The molecule has 0 N–H and O–H groups in total. The average Bonchev–Trinajstić information content (AvgIpc) is 3.14. The van der Waals surface area contributed by atoms with Crippen LogP contribution in [0.25, 0.3) is 0 Å². The molecule has 136 valence electrons. The largest absolute Gasteiger partial charge is 0.309 e. The predicted molar refractivity (Wildman–Crippen MR) is 106 cm³/mol. The first-order chi connectivity index (χ1) is 13.1. The standard InChI is InChI=1S/C21H20ClN4O/c1-3-25-11-12-26(14-25)20-21(27)24(2)18-10-9-16(22)13-17(18)19(23-20)15-7-5-4-6-8-15/h4-14,20H,3H2,1-2H3/q+1. The molecule has 0 fully saturated rings. The fraction of sp³-hybridized carbons (Fsp3) is 0.190. The molecule has 1 amide bonds. The van der Waals surface area contributed by atoms with Crippen LogP contribution >= 0.6 is 11.6 Å². The number of anilines is 1. The number of benzodiazepines with no additional fused rings is 1. The van der Waals surface area contributed by atoms with E-state index in [1.807, 2.05) is 70.3 Å². The Bertz CT molecular complexity index is 1030. The summed E-state index contributed by atoms with van der Waals surface area (Å²) >= 11 is 6.28. The van der Waals surface area contributed by atoms with Crippen LogP contribution in [-0.4, -0.2) is 23.2 Å². The summed E-state index contributed by atoms with van der Waals surface area (Å²) in [7, 11) is 1.78. The van der Waals surface area contributed by atoms with Gasteiger partial charge in [0.25, 0.3) is 12.1 Å². The van der Waals surface area contributed by atoms with E-state index >= 15 is 0 Å². The van der Waals surface area contributed by atoms with Crippen molar-refractivity contribution >= 4 is 28.9 Å². The third-order valence-corrected chi connectivity index (χ3v) is 5.02. The van der Waals surface area contributed by atoms with Gasteiger partial charge in [0.05, 0.1) is 17.9 Å². The van der Waals surface area contributed by atoms with Gasteiger partial charge in [-0.3, -0.25) is 4.79 Å². The van der Waals surface area contributed by atoms with E-state index in [-0.39, 0.29) is 5.91 Å². The van der Waals surface area contributed by atoms with Crippen molar-refractivity contribution in [2.45, 2.75) is 19.6 Å². The van der Waals surface area contributed by atoms with Crippen molar-refractivity contribution < 1.29 is 9.36 Å². The summed E-state index contributed by atoms with van der Waals surface area (Å²) in [6.07, 6.45) is 5.06. The molecule has 0 bridgehead atoms. The third-order valence-electron chi connectivity index (χ3n) is 4.78. The zero-order valence-electron chi connectivity index (χ0n) is 15.2. The molecule has 27 heavy (non-hydrogen) atoms. The molecule has 4 rings (SSSR count). The van der Waals surface area contributed by atoms with Crippen LogP contribution in [0.2, 0.25) is 5.02 Å². The molecule has 0 aliphatic carbocycles. The molecule has 2 heterocycles. The van der Waals surface area contributed by atoms with Crippen LogP contribution in [0, 0.1) is 0 Å². The van der Waals surface area contributed by atoms with Gasteiger partial charge in [-0.15, -0.1) is 0 Å². The molecule has 1 atom stereocenters. The molecule has 1 aliphatic rings. The number of nitrogens with zero attached hydrogens (tertiary/aromatic N) is 4. The number of hydrogen-bond acceptors (Lipinski definition) is 2. The Morgan fingerprint density at radius 3 is 2.67 bits per heavy atom. The van der Waals surface area contributed by atoms with Crippen molar-refractivity contribution in [1.82, 2.24) is 4.57 Å². The first kappa shape index (κ1) is 17.5. The Balaban J connectivity index is 1.95. The number of likely N-dealkylation sites (N-methyl/N-ethyl adjacent to an activating group) is 1. The highest BCUT2D eigenvalue weighted by atomic mass is 35.5. The van der Waals surface area contributed by atoms with Gasteiger partial charge in [-0.25, -0.2) is 14.1 Å². The van der Waals surface area contributed by atoms with Crippen molar-refractivity contribution in [3.63, 3.8) is 0 Å². The lowest BCUT2D eigenvalue weighted by molar-refractivity contribution is -0.693. The molecule has 2 aromatic carbocycles. The van der Waals surface area contributed by atoms with E-state index in [4.69, 9.17) is 16.6 Å². The fourth-order valence-electron chi connectivity index (χ4n) is 3.29. The van der Waals surface area contributed by atoms with Gasteiger partial charge in [0.2, 0.25) is 6.33 Å². The van der Waals surface area contributed by atoms with Crippen molar-refractivity contribution in [3.8, 4) is 0 Å². The maximum absolute atomic E-state index is 13.2. The number of carbonyl (C=O) groups excluding carboxylic acids is 1. The first-order valence-electron chi connectivity index (χ1n) is 8.85. The van der Waals surface area contributed by atoms with E-state index in [1.165, 1.54) is 0 Å². The summed E-state index contributed by atoms with van der Waals surface area (Å²) < 4.78 is 3.86. The van der Waals surface area contributed by atoms with Crippen LogP contribution in [0.1, 0.15) is 24.2 Å². The lowest BCUT2D eigenvalue weighted by Crippen LogP contribution is -2.34. The predicted octanol–water partition coefficient (Wildman–Crippen LogP) is 3.46. The molecule has 6 heteroatoms. The van der Waals surface area contributed by atoms with Gasteiger partial charge in [-0.1, -0.05) is 41.9 Å². The van der Waals surface area contributed by atoms with Gasteiger partial charge in [0.15, 0.2) is 0 Å². The molecule has 3 aromatic rings. The van der Waals surface area contributed by atoms with E-state index in [1.54, 1.807) is 18.0 Å². The van der Waals surface area contributed by atoms with Crippen LogP contribution in [0.3, 0.4) is 0 Å². The number of aryl methyl sites for hydroxylation is 1. The molecule has 0 saturated heterocycles. The van der Waals surface area contributed by atoms with Crippen LogP contribution in [0.4, 0.5) is 5.69 Å². The van der Waals surface area contributed by atoms with Gasteiger partial charge in [-0.2, -0.15) is 0 Å². The summed E-state index contributed by atoms with van der Waals surface area (Å²) in [5.74, 6) is -0.0941. The Morgan fingerprint density at radius 2 is 1.96 bits per heavy atom. The summed E-state index contributed by atoms with van der Waals surface area (Å²) in [4.78, 5) is 19.8. The molecule has 0 spiro atoms. The monoisotopic (exact) mass is 379 g/mol. The topological polar surface area (TPSA) is 41.5 Å². The molecule has 1 aliphatic heterocycles. The van der Waals surface area contributed by atoms with Gasteiger partial charge >= 0.3 is 0 Å². The number of imidazole rings is 1. The minimum atomic E-state index is -0.677. The molecule has 1 aromatic heterocycles. The zero-order valence-corrected chi connectivity index (χ0v) is 16.0. The number of benzene rings is 2. The number of halogens is 1. The second kappa shape index (κ2) is 7.00. The number of rotatable bonds is 3. The summed E-state index contributed by atoms with van der Waals surface area (Å²) in [6.45, 7) is 2.89. The highest BCUT2D eigenvalue weighted by molar-refractivity contribution is 6.32. The number of aromatic nitrogens is 2. The SMILES string of the molecule is CC[n+]1ccn(C2N=C(c3ccccc3)c3cc(Cl)ccc3N(C)C2=O)c1. The first-order valence-corrected chi connectivity index (χ1v) is 9.23. The van der Waals surface area contributed by atoms with Crippen molar-refractivity contribution in [1.29, 1.82) is 0 Å². The van der Waals surface area contributed by atoms with E-state index in [9.17, 15) is 4.79 Å². The van der Waals surface area contributed by atoms with E-state index in [0.29, 0.717) is 5.02 Å². The lowest BCUT2D eigenvalue weighted by Gasteiger charge is -2.19. The maximum atomic E-state index is 13.2. The van der Waals surface area contributed by atoms with Gasteiger partial charge < -0.3 is 4.90 Å². The van der Waals surface area contributed by atoms with Gasteiger partial charge in [-0.05, 0) is 25.1 Å². The quantitative estimate of drug-likeness (QED) is 0.642.